The molecule has 0 saturated heterocycles. The molecule has 2 heterocycles. The Balaban J connectivity index is 1.90. The summed E-state index contributed by atoms with van der Waals surface area (Å²) in [5, 5.41) is 21.2. The molecule has 0 fully saturated rings. The molecule has 0 saturated carbocycles. The summed E-state index contributed by atoms with van der Waals surface area (Å²) in [5.74, 6) is -0.0114. The first-order chi connectivity index (χ1) is 14.3. The van der Waals surface area contributed by atoms with Gasteiger partial charge in [0.2, 0.25) is 5.91 Å². The number of allylic oxidation sites excluding steroid dienone is 1. The van der Waals surface area contributed by atoms with Gasteiger partial charge < -0.3 is 16.2 Å². The Kier molecular flexibility index (Phi) is 5.67. The topological polar surface area (TPSA) is 163 Å². The molecule has 2 aromatic rings. The van der Waals surface area contributed by atoms with Crippen molar-refractivity contribution >= 4 is 23.5 Å². The molecule has 1 aliphatic rings. The first kappa shape index (κ1) is 20.8. The predicted molar refractivity (Wildman–Crippen MR) is 111 cm³/mol. The van der Waals surface area contributed by atoms with Crippen LogP contribution < -0.4 is 21.9 Å². The SMILES string of the molecule is C=CCC1(C(=O)NCc2ccc(C(=N)N)cc2)CCc2ncc(NC(=O)O)c(=O)n21. The van der Waals surface area contributed by atoms with Gasteiger partial charge in [-0.3, -0.25) is 24.9 Å². The zero-order valence-corrected chi connectivity index (χ0v) is 16.1. The predicted octanol–water partition coefficient (Wildman–Crippen LogP) is 1.15. The van der Waals surface area contributed by atoms with Gasteiger partial charge in [-0.15, -0.1) is 6.58 Å². The monoisotopic (exact) mass is 410 g/mol. The molecular formula is C20H22N6O4. The van der Waals surface area contributed by atoms with Crippen LogP contribution in [0.4, 0.5) is 10.5 Å². The fourth-order valence-corrected chi connectivity index (χ4v) is 3.63. The third-order valence-electron chi connectivity index (χ3n) is 5.09. The summed E-state index contributed by atoms with van der Waals surface area (Å²) in [6.07, 6.45) is 2.26. The Labute approximate surface area is 171 Å². The van der Waals surface area contributed by atoms with E-state index in [4.69, 9.17) is 16.2 Å². The number of rotatable bonds is 7. The van der Waals surface area contributed by atoms with E-state index in [1.165, 1.54) is 10.8 Å². The van der Waals surface area contributed by atoms with Crippen molar-refractivity contribution in [3.05, 3.63) is 70.4 Å². The number of amidine groups is 1. The van der Waals surface area contributed by atoms with Crippen LogP contribution >= 0.6 is 0 Å². The van der Waals surface area contributed by atoms with Gasteiger partial charge in [-0.05, 0) is 18.4 Å². The second kappa shape index (κ2) is 8.19. The van der Waals surface area contributed by atoms with E-state index in [0.29, 0.717) is 24.2 Å². The van der Waals surface area contributed by atoms with Crippen LogP contribution in [0.1, 0.15) is 29.8 Å². The quantitative estimate of drug-likeness (QED) is 0.261. The number of hydrogen-bond donors (Lipinski definition) is 5. The van der Waals surface area contributed by atoms with Crippen LogP contribution in [0.5, 0.6) is 0 Å². The second-order valence-electron chi connectivity index (χ2n) is 6.98. The molecule has 2 amide bonds. The van der Waals surface area contributed by atoms with E-state index in [0.717, 1.165) is 5.56 Å². The number of benzene rings is 1. The number of aromatic nitrogens is 2. The van der Waals surface area contributed by atoms with Gasteiger partial charge in [-0.25, -0.2) is 9.78 Å². The number of fused-ring (bicyclic) bond motifs is 1. The Hall–Kier alpha value is -3.95. The van der Waals surface area contributed by atoms with Gasteiger partial charge in [0.25, 0.3) is 5.56 Å². The first-order valence-electron chi connectivity index (χ1n) is 9.22. The number of amides is 2. The van der Waals surface area contributed by atoms with Gasteiger partial charge in [-0.2, -0.15) is 0 Å². The van der Waals surface area contributed by atoms with Crippen molar-refractivity contribution in [2.45, 2.75) is 31.3 Å². The number of hydrogen-bond acceptors (Lipinski definition) is 5. The number of nitrogens with zero attached hydrogens (tertiary/aromatic N) is 2. The molecule has 156 valence electrons. The highest BCUT2D eigenvalue weighted by molar-refractivity contribution is 5.94. The van der Waals surface area contributed by atoms with Crippen molar-refractivity contribution in [1.29, 1.82) is 5.41 Å². The minimum Gasteiger partial charge on any atom is -0.465 e. The Morgan fingerprint density at radius 3 is 2.67 bits per heavy atom. The van der Waals surface area contributed by atoms with Gasteiger partial charge >= 0.3 is 6.09 Å². The Bertz CT molecular complexity index is 1080. The lowest BCUT2D eigenvalue weighted by atomic mass is 9.91. The molecule has 1 aromatic heterocycles. The van der Waals surface area contributed by atoms with E-state index in [2.05, 4.69) is 16.9 Å². The summed E-state index contributed by atoms with van der Waals surface area (Å²) in [6.45, 7) is 3.92. The van der Waals surface area contributed by atoms with E-state index in [1.807, 2.05) is 5.32 Å². The highest BCUT2D eigenvalue weighted by Gasteiger charge is 2.46. The molecule has 0 spiro atoms. The molecule has 0 radical (unpaired) electrons. The zero-order chi connectivity index (χ0) is 21.9. The van der Waals surface area contributed by atoms with Gasteiger partial charge in [0.05, 0.1) is 6.20 Å². The van der Waals surface area contributed by atoms with Gasteiger partial charge in [0.15, 0.2) is 0 Å². The molecule has 30 heavy (non-hydrogen) atoms. The maximum absolute atomic E-state index is 13.2. The van der Waals surface area contributed by atoms with Crippen LogP contribution in [-0.2, 0) is 23.3 Å². The number of nitrogens with one attached hydrogen (secondary N) is 3. The Morgan fingerprint density at radius 2 is 2.07 bits per heavy atom. The molecule has 6 N–H and O–H groups in total. The summed E-state index contributed by atoms with van der Waals surface area (Å²) in [4.78, 5) is 41.3. The second-order valence-corrected chi connectivity index (χ2v) is 6.98. The summed E-state index contributed by atoms with van der Waals surface area (Å²) in [7, 11) is 0. The van der Waals surface area contributed by atoms with Crippen molar-refractivity contribution in [1.82, 2.24) is 14.9 Å². The molecule has 10 heteroatoms. The molecule has 1 aliphatic heterocycles. The zero-order valence-electron chi connectivity index (χ0n) is 16.1. The number of anilines is 1. The lowest BCUT2D eigenvalue weighted by Crippen LogP contribution is -2.50. The smallest absolute Gasteiger partial charge is 0.409 e. The van der Waals surface area contributed by atoms with Crippen molar-refractivity contribution in [2.75, 3.05) is 5.32 Å². The standard InChI is InChI=1S/C20H22N6O4/c1-2-8-20(18(28)24-10-12-3-5-13(6-4-12)16(21)22)9-7-15-23-11-14(25-19(29)30)17(27)26(15)20/h2-6,11,25H,1,7-10H2,(H3,21,22)(H,24,28)(H,29,30). The van der Waals surface area contributed by atoms with Gasteiger partial charge in [0.1, 0.15) is 22.9 Å². The molecule has 1 aromatic carbocycles. The molecule has 1 atom stereocenters. The lowest BCUT2D eigenvalue weighted by molar-refractivity contribution is -0.129. The first-order valence-corrected chi connectivity index (χ1v) is 9.22. The van der Waals surface area contributed by atoms with Crippen LogP contribution in [0.25, 0.3) is 0 Å². The van der Waals surface area contributed by atoms with Crippen LogP contribution in [0, 0.1) is 5.41 Å². The van der Waals surface area contributed by atoms with Gasteiger partial charge in [0, 0.05) is 18.5 Å². The maximum atomic E-state index is 13.2. The minimum absolute atomic E-state index is 0.0456. The fraction of sp³-hybridized carbons (Fsp3) is 0.250. The fourth-order valence-electron chi connectivity index (χ4n) is 3.63. The molecule has 10 nitrogen and oxygen atoms in total. The number of carbonyl (C=O) groups is 2. The van der Waals surface area contributed by atoms with E-state index in [-0.39, 0.29) is 30.4 Å². The normalized spacial score (nSPS) is 17.1. The van der Waals surface area contributed by atoms with Crippen LogP contribution in [0.2, 0.25) is 0 Å². The van der Waals surface area contributed by atoms with Crippen LogP contribution in [0.3, 0.4) is 0 Å². The average Bonchev–Trinajstić information content (AvgIpc) is 3.09. The van der Waals surface area contributed by atoms with Crippen molar-refractivity contribution in [3.8, 4) is 0 Å². The van der Waals surface area contributed by atoms with Crippen LogP contribution in [0.15, 0.2) is 47.9 Å². The molecule has 0 bridgehead atoms. The summed E-state index contributed by atoms with van der Waals surface area (Å²) < 4.78 is 1.27. The van der Waals surface area contributed by atoms with Crippen LogP contribution in [-0.4, -0.2) is 32.5 Å². The van der Waals surface area contributed by atoms with E-state index in [9.17, 15) is 14.4 Å². The maximum Gasteiger partial charge on any atom is 0.409 e. The third kappa shape index (κ3) is 3.79. The number of nitrogens with two attached hydrogens (primary N) is 1. The Morgan fingerprint density at radius 1 is 1.37 bits per heavy atom. The third-order valence-corrected chi connectivity index (χ3v) is 5.09. The molecule has 3 rings (SSSR count). The lowest BCUT2D eigenvalue weighted by Gasteiger charge is -2.29. The molecular weight excluding hydrogens is 388 g/mol. The van der Waals surface area contributed by atoms with Crippen molar-refractivity contribution in [3.63, 3.8) is 0 Å². The number of nitrogen functional groups attached to an aromatic ring is 1. The van der Waals surface area contributed by atoms with E-state index < -0.39 is 17.2 Å². The number of carboxylic acid groups (broad SMARTS) is 1. The average molecular weight is 410 g/mol. The highest BCUT2D eigenvalue weighted by atomic mass is 16.4. The molecule has 0 aliphatic carbocycles. The minimum atomic E-state index is -1.39. The highest BCUT2D eigenvalue weighted by Crippen LogP contribution is 2.34. The van der Waals surface area contributed by atoms with E-state index in [1.54, 1.807) is 30.3 Å². The summed E-state index contributed by atoms with van der Waals surface area (Å²) >= 11 is 0. The molecule has 1 unspecified atom stereocenters. The van der Waals surface area contributed by atoms with Gasteiger partial charge in [-0.1, -0.05) is 30.3 Å². The number of carbonyl (C=O) groups excluding carboxylic acids is 1. The van der Waals surface area contributed by atoms with Crippen molar-refractivity contribution < 1.29 is 14.7 Å². The number of aryl methyl sites for hydroxylation is 1. The largest absolute Gasteiger partial charge is 0.465 e. The van der Waals surface area contributed by atoms with E-state index >= 15 is 0 Å². The summed E-state index contributed by atoms with van der Waals surface area (Å²) in [6, 6.07) is 6.88. The van der Waals surface area contributed by atoms with Crippen molar-refractivity contribution in [2.24, 2.45) is 5.73 Å². The summed E-state index contributed by atoms with van der Waals surface area (Å²) in [5.41, 5.74) is 4.75.